The quantitative estimate of drug-likeness (QED) is 0.601. The van der Waals surface area contributed by atoms with E-state index in [9.17, 15) is 13.2 Å². The molecule has 0 saturated carbocycles. The highest BCUT2D eigenvalue weighted by atomic mass is 35.5. The van der Waals surface area contributed by atoms with Crippen LogP contribution < -0.4 is 5.32 Å². The van der Waals surface area contributed by atoms with Crippen LogP contribution in [-0.2, 0) is 10.0 Å². The summed E-state index contributed by atoms with van der Waals surface area (Å²) in [7, 11) is -3.49. The van der Waals surface area contributed by atoms with E-state index in [1.807, 2.05) is 25.7 Å². The summed E-state index contributed by atoms with van der Waals surface area (Å²) < 4.78 is 26.8. The first-order valence-electron chi connectivity index (χ1n) is 11.1. The molecule has 0 radical (unpaired) electrons. The van der Waals surface area contributed by atoms with Crippen molar-refractivity contribution in [3.8, 4) is 0 Å². The second kappa shape index (κ2) is 10.6. The highest BCUT2D eigenvalue weighted by Crippen LogP contribution is 2.27. The highest BCUT2D eigenvalue weighted by molar-refractivity contribution is 7.89. The molecule has 1 aliphatic rings. The number of benzene rings is 1. The molecular formula is C23H31ClN4O3S. The molecule has 0 spiro atoms. The second-order valence-corrected chi connectivity index (χ2v) is 10.3. The molecule has 1 aromatic heterocycles. The molecule has 32 heavy (non-hydrogen) atoms. The van der Waals surface area contributed by atoms with Crippen molar-refractivity contribution in [2.24, 2.45) is 0 Å². The third kappa shape index (κ3) is 5.42. The number of nitrogens with one attached hydrogen (secondary N) is 1. The van der Waals surface area contributed by atoms with Crippen LogP contribution in [-0.4, -0.2) is 54.7 Å². The first-order valence-corrected chi connectivity index (χ1v) is 12.9. The third-order valence-corrected chi connectivity index (χ3v) is 8.16. The Kier molecular flexibility index (Phi) is 8.14. The zero-order chi connectivity index (χ0) is 23.3. The number of hydrogen-bond acceptors (Lipinski definition) is 5. The summed E-state index contributed by atoms with van der Waals surface area (Å²) >= 11 is 6.42. The van der Waals surface area contributed by atoms with E-state index < -0.39 is 10.0 Å². The molecule has 2 aromatic rings. The predicted octanol–water partition coefficient (Wildman–Crippen LogP) is 4.56. The largest absolute Gasteiger partial charge is 0.362 e. The number of rotatable bonds is 8. The number of carbonyl (C=O) groups excluding carboxylic acids is 1. The van der Waals surface area contributed by atoms with Gasteiger partial charge < -0.3 is 10.2 Å². The number of likely N-dealkylation sites (tertiary alicyclic amines) is 1. The van der Waals surface area contributed by atoms with Gasteiger partial charge in [-0.3, -0.25) is 4.79 Å². The Morgan fingerprint density at radius 1 is 1.16 bits per heavy atom. The lowest BCUT2D eigenvalue weighted by atomic mass is 10.1. The Bertz CT molecular complexity index is 1030. The molecule has 7 nitrogen and oxygen atoms in total. The lowest BCUT2D eigenvalue weighted by Crippen LogP contribution is -2.35. The van der Waals surface area contributed by atoms with Crippen LogP contribution in [0.15, 0.2) is 41.4 Å². The number of amides is 1. The molecule has 1 unspecified atom stereocenters. The van der Waals surface area contributed by atoms with Gasteiger partial charge in [-0.2, -0.15) is 4.31 Å². The number of carbonyl (C=O) groups is 1. The Balaban J connectivity index is 1.70. The molecule has 0 bridgehead atoms. The van der Waals surface area contributed by atoms with E-state index in [-0.39, 0.29) is 16.8 Å². The molecular weight excluding hydrogens is 448 g/mol. The van der Waals surface area contributed by atoms with E-state index in [2.05, 4.69) is 10.3 Å². The second-order valence-electron chi connectivity index (χ2n) is 7.93. The van der Waals surface area contributed by atoms with Crippen molar-refractivity contribution in [2.45, 2.75) is 51.0 Å². The zero-order valence-electron chi connectivity index (χ0n) is 18.8. The topological polar surface area (TPSA) is 82.6 Å². The van der Waals surface area contributed by atoms with Gasteiger partial charge in [0.25, 0.3) is 5.91 Å². The zero-order valence-corrected chi connectivity index (χ0v) is 20.4. The molecule has 9 heteroatoms. The van der Waals surface area contributed by atoms with Crippen molar-refractivity contribution in [3.63, 3.8) is 0 Å². The number of sulfonamides is 1. The average molecular weight is 479 g/mol. The van der Waals surface area contributed by atoms with Crippen molar-refractivity contribution in [1.82, 2.24) is 14.2 Å². The van der Waals surface area contributed by atoms with Gasteiger partial charge in [0.15, 0.2) is 0 Å². The normalized spacial score (nSPS) is 15.6. The fraction of sp³-hybridized carbons (Fsp3) is 0.478. The third-order valence-electron chi connectivity index (χ3n) is 5.81. The number of anilines is 1. The van der Waals surface area contributed by atoms with Gasteiger partial charge in [-0.15, -0.1) is 0 Å². The molecule has 1 amide bonds. The van der Waals surface area contributed by atoms with Gasteiger partial charge in [0, 0.05) is 38.4 Å². The van der Waals surface area contributed by atoms with Gasteiger partial charge >= 0.3 is 0 Å². The molecule has 0 aliphatic carbocycles. The van der Waals surface area contributed by atoms with Gasteiger partial charge in [0.05, 0.1) is 15.5 Å². The summed E-state index contributed by atoms with van der Waals surface area (Å²) in [5.74, 6) is 0.442. The van der Waals surface area contributed by atoms with Gasteiger partial charge in [0.2, 0.25) is 10.0 Å². The van der Waals surface area contributed by atoms with Gasteiger partial charge in [-0.25, -0.2) is 13.4 Å². The van der Waals surface area contributed by atoms with Crippen LogP contribution >= 0.6 is 11.6 Å². The molecule has 2 heterocycles. The van der Waals surface area contributed by atoms with E-state index in [0.717, 1.165) is 37.9 Å². The van der Waals surface area contributed by atoms with E-state index in [0.29, 0.717) is 29.5 Å². The first-order chi connectivity index (χ1) is 15.3. The standard InChI is InChI=1S/C23H31ClN4O3S/c1-4-28(5-2)32(30,31)20-11-9-18(10-12-20)17(3)26-22-21(24)15-19(16-25-22)23(29)27-13-7-6-8-14-27/h9-12,15-17H,4-8,13-14H2,1-3H3,(H,25,26). The molecule has 1 atom stereocenters. The Morgan fingerprint density at radius 3 is 2.34 bits per heavy atom. The number of hydrogen-bond donors (Lipinski definition) is 1. The summed E-state index contributed by atoms with van der Waals surface area (Å²) in [5, 5.41) is 3.62. The summed E-state index contributed by atoms with van der Waals surface area (Å²) in [5.41, 5.74) is 1.39. The minimum Gasteiger partial charge on any atom is -0.362 e. The summed E-state index contributed by atoms with van der Waals surface area (Å²) in [6, 6.07) is 8.31. The number of nitrogens with zero attached hydrogens (tertiary/aromatic N) is 3. The van der Waals surface area contributed by atoms with E-state index in [1.165, 1.54) is 4.31 Å². The van der Waals surface area contributed by atoms with E-state index in [4.69, 9.17) is 11.6 Å². The molecule has 1 saturated heterocycles. The van der Waals surface area contributed by atoms with Crippen molar-refractivity contribution in [3.05, 3.63) is 52.7 Å². The van der Waals surface area contributed by atoms with Gasteiger partial charge in [-0.1, -0.05) is 37.6 Å². The van der Waals surface area contributed by atoms with Gasteiger partial charge in [0.1, 0.15) is 5.82 Å². The molecule has 1 fully saturated rings. The van der Waals surface area contributed by atoms with Crippen LogP contribution in [0.25, 0.3) is 0 Å². The van der Waals surface area contributed by atoms with Crippen LogP contribution in [0.2, 0.25) is 5.02 Å². The fourth-order valence-electron chi connectivity index (χ4n) is 3.87. The molecule has 174 valence electrons. The van der Waals surface area contributed by atoms with Crippen molar-refractivity contribution < 1.29 is 13.2 Å². The summed E-state index contributed by atoms with van der Waals surface area (Å²) in [6.07, 6.45) is 4.77. The molecule has 1 aliphatic heterocycles. The van der Waals surface area contributed by atoms with Crippen LogP contribution in [0.5, 0.6) is 0 Å². The lowest BCUT2D eigenvalue weighted by Gasteiger charge is -2.26. The van der Waals surface area contributed by atoms with Crippen LogP contribution in [0.1, 0.15) is 62.0 Å². The van der Waals surface area contributed by atoms with Gasteiger partial charge in [-0.05, 0) is 49.9 Å². The summed E-state index contributed by atoms with van der Waals surface area (Å²) in [4.78, 5) is 19.2. The van der Waals surface area contributed by atoms with E-state index >= 15 is 0 Å². The number of piperidine rings is 1. The Hall–Kier alpha value is -2.16. The predicted molar refractivity (Wildman–Crippen MR) is 128 cm³/mol. The summed E-state index contributed by atoms with van der Waals surface area (Å²) in [6.45, 7) is 7.99. The molecule has 1 aromatic carbocycles. The smallest absolute Gasteiger partial charge is 0.255 e. The number of pyridine rings is 1. The van der Waals surface area contributed by atoms with Crippen LogP contribution in [0, 0.1) is 0 Å². The molecule has 3 rings (SSSR count). The monoisotopic (exact) mass is 478 g/mol. The maximum absolute atomic E-state index is 12.7. The Labute approximate surface area is 195 Å². The minimum atomic E-state index is -3.49. The first kappa shape index (κ1) is 24.5. The minimum absolute atomic E-state index is 0.0382. The lowest BCUT2D eigenvalue weighted by molar-refractivity contribution is 0.0724. The van der Waals surface area contributed by atoms with Crippen molar-refractivity contribution in [2.75, 3.05) is 31.5 Å². The number of halogens is 1. The maximum Gasteiger partial charge on any atom is 0.255 e. The highest BCUT2D eigenvalue weighted by Gasteiger charge is 2.22. The van der Waals surface area contributed by atoms with E-state index in [1.54, 1.807) is 36.5 Å². The van der Waals surface area contributed by atoms with Crippen LogP contribution in [0.4, 0.5) is 5.82 Å². The maximum atomic E-state index is 12.7. The Morgan fingerprint density at radius 2 is 1.78 bits per heavy atom. The number of aromatic nitrogens is 1. The van der Waals surface area contributed by atoms with Crippen molar-refractivity contribution in [1.29, 1.82) is 0 Å². The van der Waals surface area contributed by atoms with Crippen LogP contribution in [0.3, 0.4) is 0 Å². The fourth-order valence-corrected chi connectivity index (χ4v) is 5.55. The SMILES string of the molecule is CCN(CC)S(=O)(=O)c1ccc(C(C)Nc2ncc(C(=O)N3CCCCC3)cc2Cl)cc1. The average Bonchev–Trinajstić information content (AvgIpc) is 2.81. The van der Waals surface area contributed by atoms with Crippen molar-refractivity contribution >= 4 is 33.3 Å². The molecule has 1 N–H and O–H groups in total.